The lowest BCUT2D eigenvalue weighted by Gasteiger charge is -2.08. The van der Waals surface area contributed by atoms with Gasteiger partial charge in [-0.2, -0.15) is 0 Å². The molecule has 0 spiro atoms. The molecule has 0 aliphatic rings. The molecular weight excluding hydrogens is 305 g/mol. The van der Waals surface area contributed by atoms with E-state index in [1.54, 1.807) is 6.20 Å². The zero-order valence-electron chi connectivity index (χ0n) is 11.7. The monoisotopic (exact) mass is 319 g/mol. The summed E-state index contributed by atoms with van der Waals surface area (Å²) in [6.07, 6.45) is 3.35. The second kappa shape index (κ2) is 6.04. The van der Waals surface area contributed by atoms with E-state index in [9.17, 15) is 0 Å². The van der Waals surface area contributed by atoms with E-state index in [0.29, 0.717) is 17.3 Å². The lowest BCUT2D eigenvalue weighted by atomic mass is 10.1. The van der Waals surface area contributed by atoms with Gasteiger partial charge in [0.25, 0.3) is 0 Å². The number of hydrogen-bond acceptors (Lipinski definition) is 2. The molecule has 3 nitrogen and oxygen atoms in total. The molecule has 0 saturated heterocycles. The first-order valence-corrected chi connectivity index (χ1v) is 7.82. The Kier molecular flexibility index (Phi) is 4.13. The van der Waals surface area contributed by atoms with Gasteiger partial charge in [0.2, 0.25) is 0 Å². The van der Waals surface area contributed by atoms with Gasteiger partial charge in [-0.05, 0) is 30.2 Å². The molecule has 3 aromatic rings. The van der Waals surface area contributed by atoms with E-state index in [4.69, 9.17) is 23.2 Å². The fourth-order valence-corrected chi connectivity index (χ4v) is 2.71. The lowest BCUT2D eigenvalue weighted by Crippen LogP contribution is -2.03. The maximum absolute atomic E-state index is 6.01. The Balaban J connectivity index is 2.20. The number of rotatable bonds is 4. The highest BCUT2D eigenvalue weighted by molar-refractivity contribution is 6.31. The fourth-order valence-electron chi connectivity index (χ4n) is 2.39. The molecule has 0 aliphatic carbocycles. The summed E-state index contributed by atoms with van der Waals surface area (Å²) in [6, 6.07) is 10.3. The van der Waals surface area contributed by atoms with Gasteiger partial charge in [-0.3, -0.25) is 4.57 Å². The first-order chi connectivity index (χ1) is 10.2. The van der Waals surface area contributed by atoms with Gasteiger partial charge < -0.3 is 0 Å². The van der Waals surface area contributed by atoms with Gasteiger partial charge in [-0.25, -0.2) is 9.97 Å². The Labute approximate surface area is 133 Å². The maximum Gasteiger partial charge on any atom is 0.164 e. The molecular formula is C16H15Cl2N3. The number of aromatic nitrogens is 3. The van der Waals surface area contributed by atoms with E-state index in [-0.39, 0.29) is 0 Å². The third-order valence-corrected chi connectivity index (χ3v) is 3.85. The van der Waals surface area contributed by atoms with Crippen LogP contribution in [0.5, 0.6) is 0 Å². The molecule has 0 saturated carbocycles. The number of halogens is 2. The van der Waals surface area contributed by atoms with Crippen LogP contribution in [-0.2, 0) is 12.8 Å². The molecule has 1 aromatic carbocycles. The summed E-state index contributed by atoms with van der Waals surface area (Å²) in [5, 5.41) is 0.589. The molecule has 5 heteroatoms. The van der Waals surface area contributed by atoms with E-state index in [2.05, 4.69) is 41.2 Å². The first-order valence-electron chi connectivity index (χ1n) is 6.91. The number of fused-ring (bicyclic) bond motifs is 1. The number of nitrogens with zero attached hydrogens (tertiary/aromatic N) is 3. The highest BCUT2D eigenvalue weighted by Gasteiger charge is 2.13. The summed E-state index contributed by atoms with van der Waals surface area (Å²) >= 11 is 11.9. The molecule has 0 radical (unpaired) electrons. The smallest absolute Gasteiger partial charge is 0.164 e. The van der Waals surface area contributed by atoms with Crippen LogP contribution < -0.4 is 0 Å². The van der Waals surface area contributed by atoms with Crippen molar-refractivity contribution in [1.82, 2.24) is 14.5 Å². The van der Waals surface area contributed by atoms with Crippen molar-refractivity contribution in [2.45, 2.75) is 19.8 Å². The summed E-state index contributed by atoms with van der Waals surface area (Å²) in [5.41, 5.74) is 3.95. The predicted molar refractivity (Wildman–Crippen MR) is 87.7 cm³/mol. The molecule has 0 unspecified atom stereocenters. The molecule has 0 fully saturated rings. The number of pyridine rings is 1. The van der Waals surface area contributed by atoms with E-state index >= 15 is 0 Å². The van der Waals surface area contributed by atoms with Gasteiger partial charge in [-0.1, -0.05) is 30.7 Å². The number of imidazole rings is 1. The van der Waals surface area contributed by atoms with Gasteiger partial charge in [0, 0.05) is 24.2 Å². The lowest BCUT2D eigenvalue weighted by molar-refractivity contribution is 0.904. The molecule has 21 heavy (non-hydrogen) atoms. The first kappa shape index (κ1) is 14.4. The van der Waals surface area contributed by atoms with E-state index in [0.717, 1.165) is 29.1 Å². The minimum atomic E-state index is 0.518. The molecule has 0 bridgehead atoms. The van der Waals surface area contributed by atoms with Crippen molar-refractivity contribution < 1.29 is 0 Å². The van der Waals surface area contributed by atoms with Gasteiger partial charge >= 0.3 is 0 Å². The van der Waals surface area contributed by atoms with Crippen LogP contribution in [0.25, 0.3) is 16.9 Å². The standard InChI is InChI=1S/C16H15Cl2N3/c1-2-11-3-5-13(6-4-11)21-15(7-8-17)20-14-9-12(18)10-19-16(14)21/h3-6,9-10H,2,7-8H2,1H3. The summed E-state index contributed by atoms with van der Waals surface area (Å²) in [6.45, 7) is 2.14. The second-order valence-corrected chi connectivity index (χ2v) is 5.63. The SMILES string of the molecule is CCc1ccc(-n2c(CCCl)nc3cc(Cl)cnc32)cc1. The molecule has 0 amide bonds. The van der Waals surface area contributed by atoms with Crippen LogP contribution in [0.1, 0.15) is 18.3 Å². The highest BCUT2D eigenvalue weighted by Crippen LogP contribution is 2.23. The average molecular weight is 320 g/mol. The summed E-state index contributed by atoms with van der Waals surface area (Å²) in [4.78, 5) is 9.04. The Morgan fingerprint density at radius 3 is 2.62 bits per heavy atom. The summed E-state index contributed by atoms with van der Waals surface area (Å²) in [5.74, 6) is 1.42. The van der Waals surface area contributed by atoms with Crippen LogP contribution in [-0.4, -0.2) is 20.4 Å². The van der Waals surface area contributed by atoms with Crippen molar-refractivity contribution in [1.29, 1.82) is 0 Å². The average Bonchev–Trinajstić information content (AvgIpc) is 2.85. The largest absolute Gasteiger partial charge is 0.281 e. The quantitative estimate of drug-likeness (QED) is 0.666. The van der Waals surface area contributed by atoms with E-state index in [1.807, 2.05) is 10.6 Å². The van der Waals surface area contributed by atoms with Crippen molar-refractivity contribution in [2.24, 2.45) is 0 Å². The third kappa shape index (κ3) is 2.76. The second-order valence-electron chi connectivity index (χ2n) is 4.82. The van der Waals surface area contributed by atoms with Crippen molar-refractivity contribution in [2.75, 3.05) is 5.88 Å². The molecule has 2 heterocycles. The summed E-state index contributed by atoms with van der Waals surface area (Å²) < 4.78 is 2.05. The van der Waals surface area contributed by atoms with Crippen LogP contribution in [0, 0.1) is 0 Å². The van der Waals surface area contributed by atoms with Crippen molar-refractivity contribution >= 4 is 34.4 Å². The topological polar surface area (TPSA) is 30.7 Å². The molecule has 3 rings (SSSR count). The van der Waals surface area contributed by atoms with Crippen LogP contribution in [0.15, 0.2) is 36.5 Å². The Hall–Kier alpha value is -1.58. The van der Waals surface area contributed by atoms with E-state index in [1.165, 1.54) is 5.56 Å². The Morgan fingerprint density at radius 2 is 1.95 bits per heavy atom. The molecule has 0 N–H and O–H groups in total. The number of hydrogen-bond donors (Lipinski definition) is 0. The fraction of sp³-hybridized carbons (Fsp3) is 0.250. The van der Waals surface area contributed by atoms with Crippen LogP contribution in [0.2, 0.25) is 5.02 Å². The summed E-state index contributed by atoms with van der Waals surface area (Å²) in [7, 11) is 0. The van der Waals surface area contributed by atoms with Crippen molar-refractivity contribution in [3.05, 3.63) is 52.9 Å². The molecule has 0 aliphatic heterocycles. The highest BCUT2D eigenvalue weighted by atomic mass is 35.5. The minimum Gasteiger partial charge on any atom is -0.281 e. The van der Waals surface area contributed by atoms with Crippen LogP contribution in [0.3, 0.4) is 0 Å². The van der Waals surface area contributed by atoms with Crippen molar-refractivity contribution in [3.8, 4) is 5.69 Å². The van der Waals surface area contributed by atoms with Crippen LogP contribution >= 0.6 is 23.2 Å². The third-order valence-electron chi connectivity index (χ3n) is 3.45. The zero-order chi connectivity index (χ0) is 14.8. The molecule has 2 aromatic heterocycles. The normalized spacial score (nSPS) is 11.2. The Morgan fingerprint density at radius 1 is 1.19 bits per heavy atom. The van der Waals surface area contributed by atoms with Crippen molar-refractivity contribution in [3.63, 3.8) is 0 Å². The predicted octanol–water partition coefficient (Wildman–Crippen LogP) is 4.42. The van der Waals surface area contributed by atoms with Crippen LogP contribution in [0.4, 0.5) is 0 Å². The number of aryl methyl sites for hydroxylation is 2. The number of benzene rings is 1. The van der Waals surface area contributed by atoms with E-state index < -0.39 is 0 Å². The molecule has 108 valence electrons. The number of alkyl halides is 1. The zero-order valence-corrected chi connectivity index (χ0v) is 13.2. The van der Waals surface area contributed by atoms with Gasteiger partial charge in [0.05, 0.1) is 5.02 Å². The minimum absolute atomic E-state index is 0.518. The van der Waals surface area contributed by atoms with Gasteiger partial charge in [0.1, 0.15) is 11.3 Å². The maximum atomic E-state index is 6.01. The Bertz CT molecular complexity index is 763. The molecule has 0 atom stereocenters. The van der Waals surface area contributed by atoms with Gasteiger partial charge in [-0.15, -0.1) is 11.6 Å². The van der Waals surface area contributed by atoms with Gasteiger partial charge in [0.15, 0.2) is 5.65 Å².